The Morgan fingerprint density at radius 2 is 2.21 bits per heavy atom. The summed E-state index contributed by atoms with van der Waals surface area (Å²) in [7, 11) is 1.38. The minimum atomic E-state index is -0.398. The van der Waals surface area contributed by atoms with Crippen LogP contribution in [0.5, 0.6) is 0 Å². The van der Waals surface area contributed by atoms with Gasteiger partial charge in [-0.3, -0.25) is 9.63 Å². The van der Waals surface area contributed by atoms with Gasteiger partial charge in [-0.15, -0.1) is 11.3 Å². The van der Waals surface area contributed by atoms with Crippen LogP contribution in [-0.2, 0) is 16.0 Å². The molecule has 1 aliphatic heterocycles. The fraction of sp³-hybridized carbons (Fsp3) is 0.412. The molecule has 29 heavy (non-hydrogen) atoms. The lowest BCUT2D eigenvalue weighted by Crippen LogP contribution is -2.37. The molecule has 0 aliphatic carbocycles. The monoisotopic (exact) mass is 454 g/mol. The number of fused-ring (bicyclic) bond motifs is 1. The van der Waals surface area contributed by atoms with Gasteiger partial charge in [-0.05, 0) is 18.2 Å². The van der Waals surface area contributed by atoms with Gasteiger partial charge in [0.2, 0.25) is 0 Å². The maximum atomic E-state index is 11.8. The second-order valence-electron chi connectivity index (χ2n) is 6.16. The summed E-state index contributed by atoms with van der Waals surface area (Å²) in [6, 6.07) is 0. The minimum absolute atomic E-state index is 0.282. The molecule has 154 valence electrons. The van der Waals surface area contributed by atoms with E-state index in [1.807, 2.05) is 6.92 Å². The summed E-state index contributed by atoms with van der Waals surface area (Å²) in [6.07, 6.45) is 0.769. The summed E-state index contributed by atoms with van der Waals surface area (Å²) in [6.45, 7) is 4.79. The van der Waals surface area contributed by atoms with Gasteiger partial charge in [0, 0.05) is 24.2 Å². The first-order valence-corrected chi connectivity index (χ1v) is 11.1. The Balaban J connectivity index is 1.70. The van der Waals surface area contributed by atoms with Crippen molar-refractivity contribution in [2.45, 2.75) is 22.8 Å². The number of H-pyrrole nitrogens is 1. The summed E-state index contributed by atoms with van der Waals surface area (Å²) in [5.74, 6) is 0.389. The van der Waals surface area contributed by atoms with Crippen molar-refractivity contribution in [2.24, 2.45) is 0 Å². The highest BCUT2D eigenvalue weighted by molar-refractivity contribution is 8.00. The number of nitrogens with one attached hydrogen (secondary N) is 2. The number of aryl methyl sites for hydroxylation is 1. The summed E-state index contributed by atoms with van der Waals surface area (Å²) in [5, 5.41) is 3.69. The highest BCUT2D eigenvalue weighted by atomic mass is 35.5. The van der Waals surface area contributed by atoms with Crippen molar-refractivity contribution < 1.29 is 14.4 Å². The van der Waals surface area contributed by atoms with Crippen molar-refractivity contribution in [3.63, 3.8) is 0 Å². The zero-order valence-electron chi connectivity index (χ0n) is 15.8. The fourth-order valence-corrected chi connectivity index (χ4v) is 5.00. The molecule has 1 saturated heterocycles. The first-order chi connectivity index (χ1) is 14.1. The Hall–Kier alpha value is -1.92. The third kappa shape index (κ3) is 4.19. The molecule has 4 rings (SSSR count). The zero-order valence-corrected chi connectivity index (χ0v) is 18.2. The van der Waals surface area contributed by atoms with Crippen LogP contribution in [-0.4, -0.2) is 59.3 Å². The Morgan fingerprint density at radius 1 is 1.41 bits per heavy atom. The predicted molar refractivity (Wildman–Crippen MR) is 112 cm³/mol. The van der Waals surface area contributed by atoms with Crippen LogP contribution in [0.15, 0.2) is 14.9 Å². The van der Waals surface area contributed by atoms with Crippen molar-refractivity contribution in [1.82, 2.24) is 25.4 Å². The number of nitrogens with zero attached hydrogens (tertiary/aromatic N) is 4. The van der Waals surface area contributed by atoms with Crippen LogP contribution < -0.4 is 10.4 Å². The van der Waals surface area contributed by atoms with Crippen molar-refractivity contribution in [2.75, 3.05) is 38.3 Å². The maximum Gasteiger partial charge on any atom is 0.294 e. The maximum absolute atomic E-state index is 11.8. The third-order valence-corrected chi connectivity index (χ3v) is 6.60. The van der Waals surface area contributed by atoms with Gasteiger partial charge in [-0.25, -0.2) is 20.4 Å². The molecule has 9 nitrogen and oxygen atoms in total. The molecule has 1 amide bonds. The molecule has 0 bridgehead atoms. The Kier molecular flexibility index (Phi) is 6.20. The standard InChI is InChI=1S/C17H19ClN6O3S2/c1-3-9-12(18)11-13(19-9)21-16(22-14(11)24-4-6-27-7-5-24)29-17-20-10(8-28-17)15(25)23-26-2/h8H,3-7H2,1-2H3,(H,23,25)(H,19,21,22). The van der Waals surface area contributed by atoms with E-state index in [2.05, 4.69) is 30.2 Å². The number of thiazole rings is 1. The van der Waals surface area contributed by atoms with E-state index in [9.17, 15) is 4.79 Å². The molecule has 0 aromatic carbocycles. The molecule has 0 radical (unpaired) electrons. The lowest BCUT2D eigenvalue weighted by atomic mass is 10.2. The molecule has 0 saturated carbocycles. The van der Waals surface area contributed by atoms with E-state index >= 15 is 0 Å². The number of morpholine rings is 1. The molecule has 1 aliphatic rings. The van der Waals surface area contributed by atoms with Gasteiger partial charge in [0.25, 0.3) is 5.91 Å². The first-order valence-electron chi connectivity index (χ1n) is 8.98. The lowest BCUT2D eigenvalue weighted by molar-refractivity contribution is 0.0532. The fourth-order valence-electron chi connectivity index (χ4n) is 2.99. The van der Waals surface area contributed by atoms with E-state index < -0.39 is 5.91 Å². The molecule has 12 heteroatoms. The average molecular weight is 455 g/mol. The average Bonchev–Trinajstić information content (AvgIpc) is 3.33. The molecular formula is C17H19ClN6O3S2. The second kappa shape index (κ2) is 8.84. The number of carbonyl (C=O) groups is 1. The molecular weight excluding hydrogens is 436 g/mol. The molecule has 0 atom stereocenters. The van der Waals surface area contributed by atoms with E-state index in [0.29, 0.717) is 33.4 Å². The van der Waals surface area contributed by atoms with E-state index in [0.717, 1.165) is 36.4 Å². The van der Waals surface area contributed by atoms with Crippen molar-refractivity contribution >= 4 is 57.5 Å². The predicted octanol–water partition coefficient (Wildman–Crippen LogP) is 2.91. The van der Waals surface area contributed by atoms with Gasteiger partial charge in [-0.2, -0.15) is 0 Å². The summed E-state index contributed by atoms with van der Waals surface area (Å²) in [5.41, 5.74) is 4.16. The van der Waals surface area contributed by atoms with Crippen LogP contribution in [0.2, 0.25) is 5.02 Å². The van der Waals surface area contributed by atoms with Crippen LogP contribution >= 0.6 is 34.7 Å². The van der Waals surface area contributed by atoms with Crippen LogP contribution in [0.25, 0.3) is 11.0 Å². The smallest absolute Gasteiger partial charge is 0.294 e. The van der Waals surface area contributed by atoms with Gasteiger partial charge >= 0.3 is 0 Å². The number of hydrogen-bond donors (Lipinski definition) is 2. The largest absolute Gasteiger partial charge is 0.378 e. The van der Waals surface area contributed by atoms with Crippen LogP contribution in [0.3, 0.4) is 0 Å². The van der Waals surface area contributed by atoms with E-state index in [1.54, 1.807) is 5.38 Å². The highest BCUT2D eigenvalue weighted by Gasteiger charge is 2.23. The number of rotatable bonds is 6. The quantitative estimate of drug-likeness (QED) is 0.432. The molecule has 3 aromatic rings. The molecule has 3 aromatic heterocycles. The van der Waals surface area contributed by atoms with Gasteiger partial charge in [-0.1, -0.05) is 18.5 Å². The topological polar surface area (TPSA) is 105 Å². The molecule has 0 spiro atoms. The Labute approximate surface area is 180 Å². The number of ether oxygens (including phenoxy) is 1. The number of aromatic amines is 1. The van der Waals surface area contributed by atoms with E-state index in [-0.39, 0.29) is 5.69 Å². The third-order valence-electron chi connectivity index (χ3n) is 4.38. The summed E-state index contributed by atoms with van der Waals surface area (Å²) < 4.78 is 6.13. The number of hydroxylamine groups is 1. The highest BCUT2D eigenvalue weighted by Crippen LogP contribution is 2.37. The van der Waals surface area contributed by atoms with Gasteiger partial charge < -0.3 is 14.6 Å². The van der Waals surface area contributed by atoms with Gasteiger partial charge in [0.05, 0.1) is 30.7 Å². The zero-order chi connectivity index (χ0) is 20.4. The normalized spacial score (nSPS) is 14.5. The Bertz CT molecular complexity index is 1030. The summed E-state index contributed by atoms with van der Waals surface area (Å²) >= 11 is 9.27. The number of hydrogen-bond acceptors (Lipinski definition) is 9. The van der Waals surface area contributed by atoms with Crippen molar-refractivity contribution in [1.29, 1.82) is 0 Å². The lowest BCUT2D eigenvalue weighted by Gasteiger charge is -2.28. The van der Waals surface area contributed by atoms with Gasteiger partial charge in [0.1, 0.15) is 17.2 Å². The number of carbonyl (C=O) groups excluding carboxylic acids is 1. The minimum Gasteiger partial charge on any atom is -0.378 e. The van der Waals surface area contributed by atoms with E-state index in [1.165, 1.54) is 30.2 Å². The number of aromatic nitrogens is 4. The van der Waals surface area contributed by atoms with Crippen molar-refractivity contribution in [3.05, 3.63) is 21.8 Å². The van der Waals surface area contributed by atoms with Crippen LogP contribution in [0.4, 0.5) is 5.82 Å². The SMILES string of the molecule is CCc1[nH]c2nc(Sc3nc(C(=O)NOC)cs3)nc(N3CCOCC3)c2c1Cl. The van der Waals surface area contributed by atoms with Crippen LogP contribution in [0.1, 0.15) is 23.1 Å². The van der Waals surface area contributed by atoms with E-state index in [4.69, 9.17) is 21.3 Å². The Morgan fingerprint density at radius 3 is 2.93 bits per heavy atom. The van der Waals surface area contributed by atoms with Gasteiger partial charge in [0.15, 0.2) is 9.50 Å². The summed E-state index contributed by atoms with van der Waals surface area (Å²) in [4.78, 5) is 35.7. The van der Waals surface area contributed by atoms with Crippen molar-refractivity contribution in [3.8, 4) is 0 Å². The molecule has 0 unspecified atom stereocenters. The van der Waals surface area contributed by atoms with Crippen LogP contribution in [0, 0.1) is 0 Å². The molecule has 1 fully saturated rings. The number of amides is 1. The second-order valence-corrected chi connectivity index (χ2v) is 8.61. The molecule has 2 N–H and O–H groups in total. The molecule has 4 heterocycles. The first kappa shape index (κ1) is 20.4. The number of halogens is 1. The number of anilines is 1.